The van der Waals surface area contributed by atoms with Gasteiger partial charge in [-0.1, -0.05) is 30.3 Å². The zero-order valence-electron chi connectivity index (χ0n) is 12.5. The second-order valence-corrected chi connectivity index (χ2v) is 6.67. The van der Waals surface area contributed by atoms with Crippen LogP contribution in [0.1, 0.15) is 40.7 Å². The van der Waals surface area contributed by atoms with Crippen molar-refractivity contribution in [3.63, 3.8) is 0 Å². The quantitative estimate of drug-likeness (QED) is 0.754. The predicted molar refractivity (Wildman–Crippen MR) is 84.1 cm³/mol. The van der Waals surface area contributed by atoms with Gasteiger partial charge in [-0.3, -0.25) is 4.79 Å². The van der Waals surface area contributed by atoms with Crippen molar-refractivity contribution in [2.24, 2.45) is 0 Å². The molecule has 0 spiro atoms. The number of hydrogen-bond acceptors (Lipinski definition) is 2. The van der Waals surface area contributed by atoms with E-state index in [-0.39, 0.29) is 11.5 Å². The lowest BCUT2D eigenvalue weighted by Gasteiger charge is -2.21. The Bertz CT molecular complexity index is 785. The van der Waals surface area contributed by atoms with Gasteiger partial charge < -0.3 is 9.64 Å². The molecule has 0 radical (unpaired) electrons. The SMILES string of the molecule is CC12OC1CC1CN(C(=O)c3ccccc3)c3cccc2c31. The maximum atomic E-state index is 12.9. The van der Waals surface area contributed by atoms with Gasteiger partial charge in [0, 0.05) is 23.7 Å². The molecule has 1 saturated heterocycles. The molecule has 110 valence electrons. The lowest BCUT2D eigenvalue weighted by Crippen LogP contribution is -2.30. The molecule has 3 nitrogen and oxygen atoms in total. The third kappa shape index (κ3) is 1.47. The molecule has 3 unspecified atom stereocenters. The lowest BCUT2D eigenvalue weighted by molar-refractivity contribution is 0.0987. The molecule has 2 aromatic carbocycles. The van der Waals surface area contributed by atoms with Gasteiger partial charge >= 0.3 is 0 Å². The maximum absolute atomic E-state index is 12.9. The van der Waals surface area contributed by atoms with Crippen molar-refractivity contribution in [2.75, 3.05) is 11.4 Å². The Labute approximate surface area is 129 Å². The van der Waals surface area contributed by atoms with Crippen LogP contribution in [0.15, 0.2) is 48.5 Å². The van der Waals surface area contributed by atoms with E-state index >= 15 is 0 Å². The summed E-state index contributed by atoms with van der Waals surface area (Å²) in [5.74, 6) is 0.516. The molecule has 0 bridgehead atoms. The van der Waals surface area contributed by atoms with E-state index in [1.165, 1.54) is 11.1 Å². The third-order valence-corrected chi connectivity index (χ3v) is 5.43. The van der Waals surface area contributed by atoms with Gasteiger partial charge in [0.25, 0.3) is 5.91 Å². The summed E-state index contributed by atoms with van der Waals surface area (Å²) < 4.78 is 5.93. The van der Waals surface area contributed by atoms with E-state index in [4.69, 9.17) is 4.74 Å². The Balaban J connectivity index is 1.61. The maximum Gasteiger partial charge on any atom is 0.258 e. The molecule has 3 aliphatic rings. The number of benzene rings is 2. The minimum Gasteiger partial charge on any atom is -0.361 e. The molecule has 5 rings (SSSR count). The molecule has 22 heavy (non-hydrogen) atoms. The Morgan fingerprint density at radius 3 is 2.82 bits per heavy atom. The van der Waals surface area contributed by atoms with Crippen LogP contribution >= 0.6 is 0 Å². The molecule has 2 aromatic rings. The number of epoxide rings is 1. The van der Waals surface area contributed by atoms with E-state index in [2.05, 4.69) is 25.1 Å². The van der Waals surface area contributed by atoms with Crippen LogP contribution in [0.25, 0.3) is 0 Å². The number of carbonyl (C=O) groups is 1. The first kappa shape index (κ1) is 12.4. The van der Waals surface area contributed by atoms with E-state index in [0.717, 1.165) is 24.2 Å². The summed E-state index contributed by atoms with van der Waals surface area (Å²) in [7, 11) is 0. The van der Waals surface area contributed by atoms with E-state index in [0.29, 0.717) is 12.0 Å². The largest absolute Gasteiger partial charge is 0.361 e. The third-order valence-electron chi connectivity index (χ3n) is 5.43. The van der Waals surface area contributed by atoms with Gasteiger partial charge in [0.2, 0.25) is 0 Å². The molecule has 1 amide bonds. The first-order valence-electron chi connectivity index (χ1n) is 7.86. The van der Waals surface area contributed by atoms with Crippen LogP contribution in [0.2, 0.25) is 0 Å². The average molecular weight is 291 g/mol. The highest BCUT2D eigenvalue weighted by Crippen LogP contribution is 2.59. The fourth-order valence-electron chi connectivity index (χ4n) is 4.21. The van der Waals surface area contributed by atoms with Crippen molar-refractivity contribution in [3.05, 3.63) is 65.2 Å². The van der Waals surface area contributed by atoms with Crippen LogP contribution in [0, 0.1) is 0 Å². The minimum atomic E-state index is -0.117. The topological polar surface area (TPSA) is 32.8 Å². The van der Waals surface area contributed by atoms with E-state index < -0.39 is 0 Å². The Hall–Kier alpha value is -2.13. The highest BCUT2D eigenvalue weighted by Gasteiger charge is 2.60. The second-order valence-electron chi connectivity index (χ2n) is 6.67. The van der Waals surface area contributed by atoms with Crippen molar-refractivity contribution < 1.29 is 9.53 Å². The average Bonchev–Trinajstić information content (AvgIpc) is 3.09. The van der Waals surface area contributed by atoms with Gasteiger partial charge in [-0.15, -0.1) is 0 Å². The number of rotatable bonds is 1. The molecule has 0 N–H and O–H groups in total. The summed E-state index contributed by atoms with van der Waals surface area (Å²) in [6.45, 7) is 2.95. The molecule has 2 aliphatic heterocycles. The minimum absolute atomic E-state index is 0.100. The zero-order valence-corrected chi connectivity index (χ0v) is 12.5. The van der Waals surface area contributed by atoms with E-state index in [9.17, 15) is 4.79 Å². The Kier molecular flexibility index (Phi) is 2.25. The van der Waals surface area contributed by atoms with Crippen molar-refractivity contribution >= 4 is 11.6 Å². The van der Waals surface area contributed by atoms with Crippen LogP contribution < -0.4 is 4.90 Å². The van der Waals surface area contributed by atoms with Crippen molar-refractivity contribution in [3.8, 4) is 0 Å². The fraction of sp³-hybridized carbons (Fsp3) is 0.316. The summed E-state index contributed by atoms with van der Waals surface area (Å²) in [5.41, 5.74) is 4.34. The monoisotopic (exact) mass is 291 g/mol. The molecular weight excluding hydrogens is 274 g/mol. The molecule has 1 fully saturated rings. The lowest BCUT2D eigenvalue weighted by atomic mass is 9.78. The molecule has 2 heterocycles. The Morgan fingerprint density at radius 2 is 2.00 bits per heavy atom. The van der Waals surface area contributed by atoms with Crippen LogP contribution in [0.5, 0.6) is 0 Å². The summed E-state index contributed by atoms with van der Waals surface area (Å²) in [6, 6.07) is 15.8. The van der Waals surface area contributed by atoms with Crippen molar-refractivity contribution in [2.45, 2.75) is 31.0 Å². The number of ether oxygens (including phenoxy) is 1. The molecule has 3 heteroatoms. The molecule has 0 saturated carbocycles. The van der Waals surface area contributed by atoms with Crippen LogP contribution in [0.4, 0.5) is 5.69 Å². The smallest absolute Gasteiger partial charge is 0.258 e. The van der Waals surface area contributed by atoms with Gasteiger partial charge in [0.15, 0.2) is 0 Å². The second kappa shape index (κ2) is 3.99. The van der Waals surface area contributed by atoms with Crippen LogP contribution in [-0.4, -0.2) is 18.6 Å². The fourth-order valence-corrected chi connectivity index (χ4v) is 4.21. The zero-order chi connectivity index (χ0) is 14.9. The molecule has 3 atom stereocenters. The van der Waals surface area contributed by atoms with E-state index in [1.807, 2.05) is 35.2 Å². The first-order valence-corrected chi connectivity index (χ1v) is 7.86. The van der Waals surface area contributed by atoms with Gasteiger partial charge in [0.1, 0.15) is 5.60 Å². The highest BCUT2D eigenvalue weighted by atomic mass is 16.6. The summed E-state index contributed by atoms with van der Waals surface area (Å²) >= 11 is 0. The molecule has 0 aromatic heterocycles. The highest BCUT2D eigenvalue weighted by molar-refractivity contribution is 6.07. The number of fused-ring (bicyclic) bond motifs is 2. The Morgan fingerprint density at radius 1 is 1.18 bits per heavy atom. The molecular formula is C19H17NO2. The van der Waals surface area contributed by atoms with Gasteiger partial charge in [0.05, 0.1) is 6.10 Å². The van der Waals surface area contributed by atoms with Crippen molar-refractivity contribution in [1.82, 2.24) is 0 Å². The number of nitrogens with zero attached hydrogens (tertiary/aromatic N) is 1. The van der Waals surface area contributed by atoms with Gasteiger partial charge in [-0.25, -0.2) is 0 Å². The van der Waals surface area contributed by atoms with Crippen LogP contribution in [-0.2, 0) is 10.3 Å². The summed E-state index contributed by atoms with van der Waals surface area (Å²) in [4.78, 5) is 14.8. The number of carbonyl (C=O) groups excluding carboxylic acids is 1. The summed E-state index contributed by atoms with van der Waals surface area (Å²) in [5, 5.41) is 0. The number of hydrogen-bond donors (Lipinski definition) is 0. The summed E-state index contributed by atoms with van der Waals surface area (Å²) in [6.07, 6.45) is 1.35. The normalized spacial score (nSPS) is 30.7. The number of anilines is 1. The standard InChI is InChI=1S/C19H17NO2/c1-19-14-8-5-9-15-17(14)13(10-16(19)22-19)11-20(15)18(21)12-6-3-2-4-7-12/h2-9,13,16H,10-11H2,1H3. The van der Waals surface area contributed by atoms with E-state index in [1.54, 1.807) is 0 Å². The molecule has 1 aliphatic carbocycles. The predicted octanol–water partition coefficient (Wildman–Crippen LogP) is 3.45. The van der Waals surface area contributed by atoms with Gasteiger partial charge in [-0.2, -0.15) is 0 Å². The first-order chi connectivity index (χ1) is 10.7. The number of amides is 1. The van der Waals surface area contributed by atoms with Crippen molar-refractivity contribution in [1.29, 1.82) is 0 Å². The van der Waals surface area contributed by atoms with Crippen LogP contribution in [0.3, 0.4) is 0 Å². The van der Waals surface area contributed by atoms with Gasteiger partial charge in [-0.05, 0) is 42.7 Å².